The standard InChI is InChI=1S/C19H21ClN4O/c1-3-23(4-2)11-14-7-5-6-8-16(14)22-19(25)17-13-24-12-15(20)9-10-18(24)21-17/h5-10,12-13H,3-4,11H2,1-2H3,(H,22,25). The molecule has 0 saturated carbocycles. The Bertz CT molecular complexity index is 886. The molecule has 3 aromatic rings. The van der Waals surface area contributed by atoms with Gasteiger partial charge in [0.15, 0.2) is 0 Å². The average molecular weight is 357 g/mol. The number of aromatic nitrogens is 2. The number of amides is 1. The number of hydrogen-bond acceptors (Lipinski definition) is 3. The van der Waals surface area contributed by atoms with Crippen molar-refractivity contribution in [2.45, 2.75) is 20.4 Å². The lowest BCUT2D eigenvalue weighted by atomic mass is 10.1. The molecule has 25 heavy (non-hydrogen) atoms. The molecule has 0 aliphatic rings. The summed E-state index contributed by atoms with van der Waals surface area (Å²) >= 11 is 5.98. The molecule has 0 aliphatic carbocycles. The second kappa shape index (κ2) is 7.68. The van der Waals surface area contributed by atoms with E-state index in [4.69, 9.17) is 11.6 Å². The van der Waals surface area contributed by atoms with E-state index in [9.17, 15) is 4.79 Å². The van der Waals surface area contributed by atoms with E-state index < -0.39 is 0 Å². The summed E-state index contributed by atoms with van der Waals surface area (Å²) in [6.07, 6.45) is 3.42. The molecule has 0 spiro atoms. The Labute approximate surface area is 152 Å². The number of benzene rings is 1. The van der Waals surface area contributed by atoms with E-state index in [0.29, 0.717) is 16.4 Å². The smallest absolute Gasteiger partial charge is 0.275 e. The van der Waals surface area contributed by atoms with E-state index >= 15 is 0 Å². The maximum absolute atomic E-state index is 12.6. The van der Waals surface area contributed by atoms with Crippen molar-refractivity contribution in [3.63, 3.8) is 0 Å². The first kappa shape index (κ1) is 17.5. The van der Waals surface area contributed by atoms with Gasteiger partial charge >= 0.3 is 0 Å². The van der Waals surface area contributed by atoms with Crippen LogP contribution in [0.5, 0.6) is 0 Å². The number of carbonyl (C=O) groups is 1. The molecule has 1 N–H and O–H groups in total. The molecule has 1 aromatic carbocycles. The van der Waals surface area contributed by atoms with Crippen LogP contribution in [0.1, 0.15) is 29.9 Å². The second-order valence-electron chi connectivity index (χ2n) is 5.81. The van der Waals surface area contributed by atoms with E-state index in [-0.39, 0.29) is 5.91 Å². The number of anilines is 1. The zero-order chi connectivity index (χ0) is 17.8. The molecule has 0 bridgehead atoms. The van der Waals surface area contributed by atoms with Gasteiger partial charge in [0.1, 0.15) is 11.3 Å². The fourth-order valence-electron chi connectivity index (χ4n) is 2.73. The molecular weight excluding hydrogens is 336 g/mol. The third kappa shape index (κ3) is 4.00. The Balaban J connectivity index is 1.82. The summed E-state index contributed by atoms with van der Waals surface area (Å²) in [6.45, 7) is 6.99. The minimum absolute atomic E-state index is 0.230. The summed E-state index contributed by atoms with van der Waals surface area (Å²) in [5.41, 5.74) is 2.95. The predicted octanol–water partition coefficient (Wildman–Crippen LogP) is 4.08. The highest BCUT2D eigenvalue weighted by Crippen LogP contribution is 2.19. The molecule has 2 heterocycles. The molecule has 0 atom stereocenters. The number of nitrogens with one attached hydrogen (secondary N) is 1. The van der Waals surface area contributed by atoms with Crippen molar-refractivity contribution >= 4 is 28.8 Å². The maximum Gasteiger partial charge on any atom is 0.275 e. The Morgan fingerprint density at radius 2 is 1.92 bits per heavy atom. The van der Waals surface area contributed by atoms with Crippen LogP contribution in [0.3, 0.4) is 0 Å². The van der Waals surface area contributed by atoms with Crippen LogP contribution < -0.4 is 5.32 Å². The van der Waals surface area contributed by atoms with Crippen LogP contribution in [0.25, 0.3) is 5.65 Å². The van der Waals surface area contributed by atoms with Gasteiger partial charge in [-0.1, -0.05) is 43.6 Å². The molecule has 0 aliphatic heterocycles. The number of halogens is 1. The average Bonchev–Trinajstić information content (AvgIpc) is 3.04. The van der Waals surface area contributed by atoms with Crippen molar-refractivity contribution in [3.8, 4) is 0 Å². The quantitative estimate of drug-likeness (QED) is 0.724. The molecule has 0 saturated heterocycles. The van der Waals surface area contributed by atoms with Gasteiger partial charge in [-0.3, -0.25) is 9.69 Å². The highest BCUT2D eigenvalue weighted by molar-refractivity contribution is 6.30. The molecule has 3 rings (SSSR count). The number of imidazole rings is 1. The van der Waals surface area contributed by atoms with E-state index in [2.05, 4.69) is 29.0 Å². The Kier molecular flexibility index (Phi) is 5.36. The van der Waals surface area contributed by atoms with Gasteiger partial charge < -0.3 is 9.72 Å². The van der Waals surface area contributed by atoms with Crippen molar-refractivity contribution < 1.29 is 4.79 Å². The van der Waals surface area contributed by atoms with Crippen LogP contribution in [-0.2, 0) is 6.54 Å². The van der Waals surface area contributed by atoms with Gasteiger partial charge in [0.05, 0.1) is 5.02 Å². The summed E-state index contributed by atoms with van der Waals surface area (Å²) in [4.78, 5) is 19.3. The monoisotopic (exact) mass is 356 g/mol. The van der Waals surface area contributed by atoms with Crippen LogP contribution in [0.4, 0.5) is 5.69 Å². The number of nitrogens with zero attached hydrogens (tertiary/aromatic N) is 3. The first-order chi connectivity index (χ1) is 12.1. The zero-order valence-electron chi connectivity index (χ0n) is 14.4. The lowest BCUT2D eigenvalue weighted by molar-refractivity contribution is 0.102. The molecule has 0 fully saturated rings. The first-order valence-electron chi connectivity index (χ1n) is 8.36. The van der Waals surface area contributed by atoms with Gasteiger partial charge in [0, 0.05) is 24.6 Å². The number of pyridine rings is 1. The third-order valence-corrected chi connectivity index (χ3v) is 4.43. The van der Waals surface area contributed by atoms with E-state index in [1.165, 1.54) is 0 Å². The van der Waals surface area contributed by atoms with Crippen molar-refractivity contribution in [2.75, 3.05) is 18.4 Å². The van der Waals surface area contributed by atoms with Crippen LogP contribution in [-0.4, -0.2) is 33.3 Å². The molecule has 0 radical (unpaired) electrons. The van der Waals surface area contributed by atoms with Gasteiger partial charge in [0.25, 0.3) is 5.91 Å². The summed E-state index contributed by atoms with van der Waals surface area (Å²) in [5, 5.41) is 3.58. The summed E-state index contributed by atoms with van der Waals surface area (Å²) in [6, 6.07) is 11.4. The molecule has 130 valence electrons. The molecule has 6 heteroatoms. The van der Waals surface area contributed by atoms with Crippen molar-refractivity contribution in [2.24, 2.45) is 0 Å². The SMILES string of the molecule is CCN(CC)Cc1ccccc1NC(=O)c1cn2cc(Cl)ccc2n1. The summed E-state index contributed by atoms with van der Waals surface area (Å²) < 4.78 is 1.75. The highest BCUT2D eigenvalue weighted by Gasteiger charge is 2.14. The van der Waals surface area contributed by atoms with E-state index in [0.717, 1.165) is 30.9 Å². The molecular formula is C19H21ClN4O. The van der Waals surface area contributed by atoms with Crippen LogP contribution in [0, 0.1) is 0 Å². The maximum atomic E-state index is 12.6. The Morgan fingerprint density at radius 1 is 1.16 bits per heavy atom. The van der Waals surface area contributed by atoms with Crippen molar-refractivity contribution in [1.29, 1.82) is 0 Å². The minimum atomic E-state index is -0.230. The molecule has 2 aromatic heterocycles. The lowest BCUT2D eigenvalue weighted by Gasteiger charge is -2.20. The largest absolute Gasteiger partial charge is 0.320 e. The zero-order valence-corrected chi connectivity index (χ0v) is 15.1. The number of rotatable bonds is 6. The number of hydrogen-bond donors (Lipinski definition) is 1. The van der Waals surface area contributed by atoms with Crippen molar-refractivity contribution in [3.05, 3.63) is 65.1 Å². The summed E-state index contributed by atoms with van der Waals surface area (Å²) in [7, 11) is 0. The fraction of sp³-hybridized carbons (Fsp3) is 0.263. The van der Waals surface area contributed by atoms with Crippen molar-refractivity contribution in [1.82, 2.24) is 14.3 Å². The molecule has 5 nitrogen and oxygen atoms in total. The van der Waals surface area contributed by atoms with Crippen LogP contribution in [0.2, 0.25) is 5.02 Å². The highest BCUT2D eigenvalue weighted by atomic mass is 35.5. The molecule has 1 amide bonds. The number of carbonyl (C=O) groups excluding carboxylic acids is 1. The van der Waals surface area contributed by atoms with Gasteiger partial charge in [0.2, 0.25) is 0 Å². The van der Waals surface area contributed by atoms with E-state index in [1.807, 2.05) is 24.3 Å². The second-order valence-corrected chi connectivity index (χ2v) is 6.25. The van der Waals surface area contributed by atoms with Crippen LogP contribution >= 0.6 is 11.6 Å². The minimum Gasteiger partial charge on any atom is -0.320 e. The fourth-order valence-corrected chi connectivity index (χ4v) is 2.90. The van der Waals surface area contributed by atoms with E-state index in [1.54, 1.807) is 28.9 Å². The predicted molar refractivity (Wildman–Crippen MR) is 101 cm³/mol. The first-order valence-corrected chi connectivity index (χ1v) is 8.74. The number of fused-ring (bicyclic) bond motifs is 1. The Hall–Kier alpha value is -2.37. The number of para-hydroxylation sites is 1. The summed E-state index contributed by atoms with van der Waals surface area (Å²) in [5.74, 6) is -0.230. The molecule has 0 unspecified atom stereocenters. The topological polar surface area (TPSA) is 49.6 Å². The third-order valence-electron chi connectivity index (χ3n) is 4.20. The van der Waals surface area contributed by atoms with Gasteiger partial charge in [-0.2, -0.15) is 0 Å². The normalized spacial score (nSPS) is 11.2. The van der Waals surface area contributed by atoms with Gasteiger partial charge in [-0.05, 0) is 36.9 Å². The van der Waals surface area contributed by atoms with Gasteiger partial charge in [-0.15, -0.1) is 0 Å². The lowest BCUT2D eigenvalue weighted by Crippen LogP contribution is -2.23. The van der Waals surface area contributed by atoms with Crippen LogP contribution in [0.15, 0.2) is 48.8 Å². The van der Waals surface area contributed by atoms with Gasteiger partial charge in [-0.25, -0.2) is 4.98 Å². The Morgan fingerprint density at radius 3 is 2.68 bits per heavy atom.